The van der Waals surface area contributed by atoms with Crippen molar-refractivity contribution in [3.05, 3.63) is 120 Å². The van der Waals surface area contributed by atoms with E-state index in [1.165, 1.54) is 35.4 Å². The Morgan fingerprint density at radius 3 is 2.44 bits per heavy atom. The number of hydrogen-bond acceptors (Lipinski definition) is 8. The number of rotatable bonds is 11. The number of amides is 3. The number of ether oxygens (including phenoxy) is 1. The number of aromatic nitrogens is 1. The van der Waals surface area contributed by atoms with Crippen LogP contribution < -0.4 is 20.7 Å². The van der Waals surface area contributed by atoms with E-state index in [9.17, 15) is 14.4 Å². The fourth-order valence-corrected chi connectivity index (χ4v) is 5.33. The van der Waals surface area contributed by atoms with Crippen LogP contribution >= 0.6 is 23.1 Å². The van der Waals surface area contributed by atoms with Crippen molar-refractivity contribution in [2.75, 3.05) is 23.5 Å². The quantitative estimate of drug-likeness (QED) is 0.114. The normalized spacial score (nSPS) is 11.0. The van der Waals surface area contributed by atoms with Crippen LogP contribution in [0, 0.1) is 0 Å². The Morgan fingerprint density at radius 1 is 0.930 bits per heavy atom. The lowest BCUT2D eigenvalue weighted by Gasteiger charge is -2.11. The Labute approximate surface area is 256 Å². The molecule has 5 rings (SSSR count). The third-order valence-corrected chi connectivity index (χ3v) is 7.74. The maximum atomic E-state index is 13.1. The summed E-state index contributed by atoms with van der Waals surface area (Å²) in [5.41, 5.74) is 2.54. The van der Waals surface area contributed by atoms with Crippen LogP contribution in [0.25, 0.3) is 17.3 Å². The van der Waals surface area contributed by atoms with Gasteiger partial charge in [0.15, 0.2) is 5.13 Å². The van der Waals surface area contributed by atoms with Crippen molar-refractivity contribution in [3.8, 4) is 17.0 Å². The number of hydrogen-bond donors (Lipinski definition) is 3. The minimum atomic E-state index is -0.517. The van der Waals surface area contributed by atoms with E-state index in [0.29, 0.717) is 27.9 Å². The molecule has 0 aliphatic rings. The van der Waals surface area contributed by atoms with Gasteiger partial charge in [0.2, 0.25) is 5.91 Å². The smallest absolute Gasteiger partial charge is 0.272 e. The number of anilines is 2. The van der Waals surface area contributed by atoms with Gasteiger partial charge in [-0.2, -0.15) is 0 Å². The zero-order valence-corrected chi connectivity index (χ0v) is 24.5. The predicted molar refractivity (Wildman–Crippen MR) is 169 cm³/mol. The number of thiazole rings is 1. The molecular formula is C32H26N4O5S2. The second kappa shape index (κ2) is 14.2. The standard InChI is InChI=1S/C32H26N4O5S2/c1-40-28-12-6-5-11-25(28)27-19-43-32(35-27)36-29(37)20-42-24-15-13-22(14-16-24)33-31(39)26(18-23-10-7-17-41-23)34-30(38)21-8-3-2-4-9-21/h2-19H,20H2,1H3,(H,33,39)(H,34,38)(H,35,36,37)/b26-18-. The zero-order valence-electron chi connectivity index (χ0n) is 22.9. The first-order chi connectivity index (χ1) is 21.0. The van der Waals surface area contributed by atoms with Crippen LogP contribution in [0.1, 0.15) is 16.1 Å². The Balaban J connectivity index is 1.16. The van der Waals surface area contributed by atoms with Crippen LogP contribution in [-0.2, 0) is 9.59 Å². The Kier molecular flexibility index (Phi) is 9.67. The molecule has 5 aromatic rings. The molecule has 2 heterocycles. The summed E-state index contributed by atoms with van der Waals surface area (Å²) in [4.78, 5) is 43.7. The number of nitrogens with one attached hydrogen (secondary N) is 3. The van der Waals surface area contributed by atoms with Crippen molar-refractivity contribution >= 4 is 57.7 Å². The van der Waals surface area contributed by atoms with Gasteiger partial charge in [-0.25, -0.2) is 4.98 Å². The molecule has 0 fully saturated rings. The average molecular weight is 611 g/mol. The molecule has 0 saturated heterocycles. The highest BCUT2D eigenvalue weighted by atomic mass is 32.2. The molecule has 3 aromatic carbocycles. The maximum Gasteiger partial charge on any atom is 0.272 e. The highest BCUT2D eigenvalue weighted by molar-refractivity contribution is 8.00. The summed E-state index contributed by atoms with van der Waals surface area (Å²) in [5, 5.41) is 10.7. The second-order valence-corrected chi connectivity index (χ2v) is 10.9. The van der Waals surface area contributed by atoms with Gasteiger partial charge >= 0.3 is 0 Å². The largest absolute Gasteiger partial charge is 0.496 e. The van der Waals surface area contributed by atoms with Gasteiger partial charge < -0.3 is 25.1 Å². The van der Waals surface area contributed by atoms with Gasteiger partial charge in [-0.05, 0) is 60.7 Å². The van der Waals surface area contributed by atoms with Crippen LogP contribution in [0.15, 0.2) is 118 Å². The van der Waals surface area contributed by atoms with E-state index in [2.05, 4.69) is 20.9 Å². The number of carbonyl (C=O) groups is 3. The SMILES string of the molecule is COc1ccccc1-c1csc(NC(=O)CSc2ccc(NC(=O)/C(=C/c3ccco3)NC(=O)c3ccccc3)cc2)n1. The predicted octanol–water partition coefficient (Wildman–Crippen LogP) is 6.55. The van der Waals surface area contributed by atoms with Gasteiger partial charge in [-0.1, -0.05) is 30.3 Å². The van der Waals surface area contributed by atoms with Crippen LogP contribution in [0.5, 0.6) is 5.75 Å². The first kappa shape index (κ1) is 29.4. The minimum Gasteiger partial charge on any atom is -0.496 e. The molecule has 0 saturated carbocycles. The summed E-state index contributed by atoms with van der Waals surface area (Å²) >= 11 is 2.69. The summed E-state index contributed by atoms with van der Waals surface area (Å²) in [5.74, 6) is 0.172. The monoisotopic (exact) mass is 610 g/mol. The Morgan fingerprint density at radius 2 is 1.70 bits per heavy atom. The fourth-order valence-electron chi connectivity index (χ4n) is 3.91. The highest BCUT2D eigenvalue weighted by Gasteiger charge is 2.16. The molecule has 3 amide bonds. The third-order valence-electron chi connectivity index (χ3n) is 5.97. The number of para-hydroxylation sites is 1. The van der Waals surface area contributed by atoms with Gasteiger partial charge in [0, 0.05) is 33.2 Å². The molecule has 0 aliphatic heterocycles. The van der Waals surface area contributed by atoms with E-state index in [1.54, 1.807) is 73.8 Å². The molecule has 216 valence electrons. The first-order valence-electron chi connectivity index (χ1n) is 13.0. The third kappa shape index (κ3) is 8.00. The lowest BCUT2D eigenvalue weighted by atomic mass is 10.1. The first-order valence-corrected chi connectivity index (χ1v) is 14.9. The summed E-state index contributed by atoms with van der Waals surface area (Å²) in [6.07, 6.45) is 2.94. The second-order valence-electron chi connectivity index (χ2n) is 8.95. The maximum absolute atomic E-state index is 13.1. The summed E-state index contributed by atoms with van der Waals surface area (Å²) in [7, 11) is 1.61. The van der Waals surface area contributed by atoms with E-state index < -0.39 is 11.8 Å². The van der Waals surface area contributed by atoms with Crippen molar-refractivity contribution in [2.45, 2.75) is 4.90 Å². The number of methoxy groups -OCH3 is 1. The molecule has 43 heavy (non-hydrogen) atoms. The molecule has 3 N–H and O–H groups in total. The van der Waals surface area contributed by atoms with E-state index in [0.717, 1.165) is 16.2 Å². The van der Waals surface area contributed by atoms with Crippen molar-refractivity contribution < 1.29 is 23.5 Å². The fraction of sp³-hybridized carbons (Fsp3) is 0.0625. The lowest BCUT2D eigenvalue weighted by molar-refractivity contribution is -0.114. The van der Waals surface area contributed by atoms with Crippen LogP contribution in [-0.4, -0.2) is 35.6 Å². The number of nitrogens with zero attached hydrogens (tertiary/aromatic N) is 1. The molecule has 11 heteroatoms. The Hall–Kier alpha value is -5.13. The van der Waals surface area contributed by atoms with Gasteiger partial charge in [-0.3, -0.25) is 14.4 Å². The molecule has 2 aromatic heterocycles. The number of carbonyl (C=O) groups excluding carboxylic acids is 3. The zero-order chi connectivity index (χ0) is 30.0. The molecule has 0 unspecified atom stereocenters. The van der Waals surface area contributed by atoms with Gasteiger partial charge in [0.05, 0.1) is 24.8 Å². The number of thioether (sulfide) groups is 1. The van der Waals surface area contributed by atoms with E-state index in [4.69, 9.17) is 9.15 Å². The summed E-state index contributed by atoms with van der Waals surface area (Å²) < 4.78 is 10.7. The molecule has 0 radical (unpaired) electrons. The molecule has 0 atom stereocenters. The van der Waals surface area contributed by atoms with Gasteiger partial charge in [0.1, 0.15) is 17.2 Å². The lowest BCUT2D eigenvalue weighted by Crippen LogP contribution is -2.30. The average Bonchev–Trinajstić information content (AvgIpc) is 3.73. The Bertz CT molecular complexity index is 1730. The highest BCUT2D eigenvalue weighted by Crippen LogP contribution is 2.32. The van der Waals surface area contributed by atoms with E-state index in [1.807, 2.05) is 29.6 Å². The van der Waals surface area contributed by atoms with Crippen molar-refractivity contribution in [1.29, 1.82) is 0 Å². The topological polar surface area (TPSA) is 123 Å². The van der Waals surface area contributed by atoms with Gasteiger partial charge in [-0.15, -0.1) is 23.1 Å². The van der Waals surface area contributed by atoms with Crippen molar-refractivity contribution in [3.63, 3.8) is 0 Å². The van der Waals surface area contributed by atoms with Crippen LogP contribution in [0.4, 0.5) is 10.8 Å². The molecule has 9 nitrogen and oxygen atoms in total. The minimum absolute atomic E-state index is 0.0231. The number of benzene rings is 3. The van der Waals surface area contributed by atoms with Gasteiger partial charge in [0.25, 0.3) is 11.8 Å². The van der Waals surface area contributed by atoms with E-state index in [-0.39, 0.29) is 17.4 Å². The molecule has 0 bridgehead atoms. The van der Waals surface area contributed by atoms with Crippen molar-refractivity contribution in [1.82, 2.24) is 10.3 Å². The van der Waals surface area contributed by atoms with Crippen LogP contribution in [0.2, 0.25) is 0 Å². The van der Waals surface area contributed by atoms with Crippen molar-refractivity contribution in [2.24, 2.45) is 0 Å². The molecule has 0 aliphatic carbocycles. The van der Waals surface area contributed by atoms with E-state index >= 15 is 0 Å². The number of furan rings is 1. The van der Waals surface area contributed by atoms with Crippen LogP contribution in [0.3, 0.4) is 0 Å². The molecular weight excluding hydrogens is 585 g/mol. The molecule has 0 spiro atoms. The summed E-state index contributed by atoms with van der Waals surface area (Å²) in [6.45, 7) is 0. The summed E-state index contributed by atoms with van der Waals surface area (Å²) in [6, 6.07) is 26.6.